The van der Waals surface area contributed by atoms with Crippen LogP contribution in [-0.2, 0) is 0 Å². The highest BCUT2D eigenvalue weighted by atomic mass is 14.8. The number of para-hydroxylation sites is 1. The van der Waals surface area contributed by atoms with Crippen LogP contribution < -0.4 is 0 Å². The van der Waals surface area contributed by atoms with Crippen LogP contribution in [-0.4, -0.2) is 10.7 Å². The Hall–Kier alpha value is -6.64. The average molecular weight is 654 g/mol. The predicted molar refractivity (Wildman–Crippen MR) is 214 cm³/mol. The first-order valence-corrected chi connectivity index (χ1v) is 17.1. The molecule has 1 atom stereocenters. The molecule has 1 unspecified atom stereocenters. The number of pyridine rings is 1. The maximum absolute atomic E-state index is 8.76. The summed E-state index contributed by atoms with van der Waals surface area (Å²) in [6.45, 7) is 0. The standard InChI is InChI=1S/C49H32N2/c1-2-12-34(13-3-1)49-48(43-18-8-9-20-45(43)51-49)38-28-26-35-30-37(27-25-36(35)31-38)47-41-16-6-4-14-39(41)46(40-15-5-7-17-42(40)47)33-23-21-32(22-24-33)44-19-10-11-29-50-44/h1-31,48H/i1D,2D,3D,12D,13D. The van der Waals surface area contributed by atoms with Gasteiger partial charge in [0.15, 0.2) is 0 Å². The second kappa shape index (κ2) is 12.0. The lowest BCUT2D eigenvalue weighted by Gasteiger charge is -2.19. The first-order chi connectivity index (χ1) is 27.4. The molecule has 51 heavy (non-hydrogen) atoms. The first-order valence-electron chi connectivity index (χ1n) is 19.6. The van der Waals surface area contributed by atoms with Crippen molar-refractivity contribution in [2.75, 3.05) is 0 Å². The molecule has 1 aromatic heterocycles. The summed E-state index contributed by atoms with van der Waals surface area (Å²) < 4.78 is 42.4. The van der Waals surface area contributed by atoms with Gasteiger partial charge in [-0.05, 0) is 95.5 Å². The van der Waals surface area contributed by atoms with E-state index in [2.05, 4.69) is 114 Å². The third-order valence-electron chi connectivity index (χ3n) is 10.1. The Bertz CT molecular complexity index is 3000. The van der Waals surface area contributed by atoms with Crippen LogP contribution in [0.2, 0.25) is 0 Å². The molecular weight excluding hydrogens is 617 g/mol. The van der Waals surface area contributed by atoms with E-state index in [1.807, 2.05) is 48.7 Å². The number of rotatable bonds is 5. The summed E-state index contributed by atoms with van der Waals surface area (Å²) >= 11 is 0. The van der Waals surface area contributed by atoms with Gasteiger partial charge in [-0.2, -0.15) is 0 Å². The van der Waals surface area contributed by atoms with Gasteiger partial charge < -0.3 is 0 Å². The fourth-order valence-electron chi connectivity index (χ4n) is 7.78. The van der Waals surface area contributed by atoms with Gasteiger partial charge in [-0.3, -0.25) is 9.98 Å². The van der Waals surface area contributed by atoms with E-state index in [1.165, 1.54) is 32.7 Å². The van der Waals surface area contributed by atoms with Gasteiger partial charge in [0.1, 0.15) is 0 Å². The molecule has 238 valence electrons. The quantitative estimate of drug-likeness (QED) is 0.170. The van der Waals surface area contributed by atoms with Crippen molar-refractivity contribution in [2.45, 2.75) is 5.92 Å². The maximum atomic E-state index is 8.76. The lowest BCUT2D eigenvalue weighted by molar-refractivity contribution is 1.12. The van der Waals surface area contributed by atoms with Gasteiger partial charge in [-0.25, -0.2) is 0 Å². The summed E-state index contributed by atoms with van der Waals surface area (Å²) in [5.74, 6) is -0.405. The minimum Gasteiger partial charge on any atom is -0.256 e. The molecule has 0 N–H and O–H groups in total. The number of benzene rings is 8. The number of hydrogen-bond acceptors (Lipinski definition) is 2. The van der Waals surface area contributed by atoms with Gasteiger partial charge in [0.2, 0.25) is 0 Å². The number of aliphatic imine (C=N–C) groups is 1. The molecule has 2 nitrogen and oxygen atoms in total. The Kier molecular flexibility index (Phi) is 5.78. The Morgan fingerprint density at radius 2 is 1.06 bits per heavy atom. The lowest BCUT2D eigenvalue weighted by atomic mass is 9.84. The van der Waals surface area contributed by atoms with Crippen LogP contribution in [0.4, 0.5) is 5.69 Å². The first kappa shape index (κ1) is 24.5. The minimum atomic E-state index is -0.414. The van der Waals surface area contributed by atoms with Crippen molar-refractivity contribution in [1.29, 1.82) is 0 Å². The van der Waals surface area contributed by atoms with Gasteiger partial charge in [-0.15, -0.1) is 0 Å². The number of aromatic nitrogens is 1. The number of hydrogen-bond donors (Lipinski definition) is 0. The highest BCUT2D eigenvalue weighted by Gasteiger charge is 2.29. The van der Waals surface area contributed by atoms with E-state index in [9.17, 15) is 0 Å². The molecule has 8 aromatic carbocycles. The zero-order valence-corrected chi connectivity index (χ0v) is 27.5. The molecule has 10 rings (SSSR count). The van der Waals surface area contributed by atoms with Crippen molar-refractivity contribution in [3.63, 3.8) is 0 Å². The molecule has 9 aromatic rings. The van der Waals surface area contributed by atoms with Crippen molar-refractivity contribution in [3.05, 3.63) is 205 Å². The molecule has 2 heterocycles. The molecule has 0 saturated carbocycles. The molecular formula is C49H32N2. The monoisotopic (exact) mass is 653 g/mol. The Labute approximate surface area is 304 Å². The van der Waals surface area contributed by atoms with E-state index in [0.717, 1.165) is 50.0 Å². The third kappa shape index (κ3) is 4.95. The van der Waals surface area contributed by atoms with E-state index in [1.54, 1.807) is 0 Å². The smallest absolute Gasteiger partial charge is 0.0701 e. The van der Waals surface area contributed by atoms with Crippen molar-refractivity contribution in [1.82, 2.24) is 4.98 Å². The second-order valence-electron chi connectivity index (χ2n) is 12.9. The number of nitrogens with zero attached hydrogens (tertiary/aromatic N) is 2. The van der Waals surface area contributed by atoms with Gasteiger partial charge in [0.25, 0.3) is 0 Å². The van der Waals surface area contributed by atoms with E-state index in [0.29, 0.717) is 5.71 Å². The molecule has 1 aliphatic heterocycles. The maximum Gasteiger partial charge on any atom is 0.0701 e. The lowest BCUT2D eigenvalue weighted by Crippen LogP contribution is -2.11. The Balaban J connectivity index is 1.10. The molecule has 0 bridgehead atoms. The Morgan fingerprint density at radius 3 is 1.76 bits per heavy atom. The van der Waals surface area contributed by atoms with Gasteiger partial charge in [0.05, 0.1) is 29.9 Å². The van der Waals surface area contributed by atoms with E-state index in [-0.39, 0.29) is 29.7 Å². The van der Waals surface area contributed by atoms with Crippen molar-refractivity contribution in [3.8, 4) is 33.5 Å². The van der Waals surface area contributed by atoms with Crippen LogP contribution in [0.3, 0.4) is 0 Å². The fourth-order valence-corrected chi connectivity index (χ4v) is 7.78. The third-order valence-corrected chi connectivity index (χ3v) is 10.1. The molecule has 2 heteroatoms. The molecule has 0 aliphatic carbocycles. The molecule has 0 saturated heterocycles. The van der Waals surface area contributed by atoms with Crippen LogP contribution in [0.15, 0.2) is 193 Å². The summed E-state index contributed by atoms with van der Waals surface area (Å²) in [5, 5.41) is 6.82. The summed E-state index contributed by atoms with van der Waals surface area (Å²) in [5.41, 5.74) is 9.88. The highest BCUT2D eigenvalue weighted by molar-refractivity contribution is 6.22. The van der Waals surface area contributed by atoms with Crippen LogP contribution in [0, 0.1) is 0 Å². The largest absolute Gasteiger partial charge is 0.256 e. The molecule has 0 spiro atoms. The summed E-state index contributed by atoms with van der Waals surface area (Å²) in [6.07, 6.45) is 1.82. The summed E-state index contributed by atoms with van der Waals surface area (Å²) in [6, 6.07) is 51.1. The van der Waals surface area contributed by atoms with Gasteiger partial charge in [0, 0.05) is 11.8 Å². The SMILES string of the molecule is [2H]c1c([2H])c([2H])c(C2=Nc3ccccc3C2c2ccc3cc(-c4c5ccccc5c(-c5ccc(-c6ccccn6)cc5)c5ccccc45)ccc3c2)c([2H])c1[2H]. The van der Waals surface area contributed by atoms with E-state index in [4.69, 9.17) is 11.8 Å². The van der Waals surface area contributed by atoms with Gasteiger partial charge >= 0.3 is 0 Å². The predicted octanol–water partition coefficient (Wildman–Crippen LogP) is 12.8. The molecule has 0 radical (unpaired) electrons. The molecule has 0 amide bonds. The average Bonchev–Trinajstić information content (AvgIpc) is 3.63. The van der Waals surface area contributed by atoms with Gasteiger partial charge in [-0.1, -0.05) is 158 Å². The molecule has 0 fully saturated rings. The summed E-state index contributed by atoms with van der Waals surface area (Å²) in [4.78, 5) is 9.44. The van der Waals surface area contributed by atoms with Crippen LogP contribution in [0.25, 0.3) is 65.8 Å². The zero-order valence-electron chi connectivity index (χ0n) is 32.5. The van der Waals surface area contributed by atoms with Crippen molar-refractivity contribution >= 4 is 43.7 Å². The zero-order chi connectivity index (χ0) is 38.1. The highest BCUT2D eigenvalue weighted by Crippen LogP contribution is 2.45. The normalized spacial score (nSPS) is 15.2. The summed E-state index contributed by atoms with van der Waals surface area (Å²) in [7, 11) is 0. The van der Waals surface area contributed by atoms with E-state index < -0.39 is 12.0 Å². The number of fused-ring (bicyclic) bond motifs is 4. The topological polar surface area (TPSA) is 25.2 Å². The van der Waals surface area contributed by atoms with Crippen LogP contribution in [0.1, 0.15) is 29.5 Å². The second-order valence-corrected chi connectivity index (χ2v) is 12.9. The Morgan fingerprint density at radius 1 is 0.471 bits per heavy atom. The van der Waals surface area contributed by atoms with E-state index >= 15 is 0 Å². The van der Waals surface area contributed by atoms with Crippen molar-refractivity contribution < 1.29 is 6.85 Å². The van der Waals surface area contributed by atoms with Crippen molar-refractivity contribution in [2.24, 2.45) is 4.99 Å². The van der Waals surface area contributed by atoms with Crippen LogP contribution in [0.5, 0.6) is 0 Å². The van der Waals surface area contributed by atoms with Crippen LogP contribution >= 0.6 is 0 Å². The minimum absolute atomic E-state index is 0.138. The molecule has 1 aliphatic rings. The fraction of sp³-hybridized carbons (Fsp3) is 0.0204.